The number of anilines is 1. The second kappa shape index (κ2) is 7.31. The van der Waals surface area contributed by atoms with E-state index in [1.165, 1.54) is 0 Å². The highest BCUT2D eigenvalue weighted by molar-refractivity contribution is 7.98. The molecular formula is C14H22N2OS. The van der Waals surface area contributed by atoms with Gasteiger partial charge in [-0.1, -0.05) is 6.07 Å². The molecule has 100 valence electrons. The van der Waals surface area contributed by atoms with E-state index in [9.17, 15) is 4.79 Å². The average molecular weight is 266 g/mol. The Kier molecular flexibility index (Phi) is 6.05. The monoisotopic (exact) mass is 266 g/mol. The number of benzene rings is 1. The number of hydrogen-bond donors (Lipinski definition) is 1. The predicted molar refractivity (Wildman–Crippen MR) is 80.7 cm³/mol. The average Bonchev–Trinajstić information content (AvgIpc) is 2.36. The number of hydrogen-bond acceptors (Lipinski definition) is 3. The first-order chi connectivity index (χ1) is 8.54. The Bertz CT molecular complexity index is 393. The van der Waals surface area contributed by atoms with Crippen LogP contribution in [0.15, 0.2) is 24.3 Å². The minimum atomic E-state index is 0.00676. The van der Waals surface area contributed by atoms with Crippen molar-refractivity contribution in [2.75, 3.05) is 31.0 Å². The molecule has 1 aromatic rings. The van der Waals surface area contributed by atoms with Gasteiger partial charge in [0.15, 0.2) is 0 Å². The molecule has 18 heavy (non-hydrogen) atoms. The summed E-state index contributed by atoms with van der Waals surface area (Å²) in [5.74, 6) is 1.08. The van der Waals surface area contributed by atoms with Gasteiger partial charge in [-0.2, -0.15) is 11.8 Å². The van der Waals surface area contributed by atoms with Crippen molar-refractivity contribution in [3.63, 3.8) is 0 Å². The van der Waals surface area contributed by atoms with E-state index in [2.05, 4.69) is 11.6 Å². The second-order valence-electron chi connectivity index (χ2n) is 4.60. The van der Waals surface area contributed by atoms with Crippen LogP contribution in [-0.2, 0) is 0 Å². The van der Waals surface area contributed by atoms with Crippen LogP contribution < -0.4 is 10.2 Å². The van der Waals surface area contributed by atoms with Gasteiger partial charge in [0.1, 0.15) is 0 Å². The fraction of sp³-hybridized carbons (Fsp3) is 0.500. The molecule has 1 rings (SSSR count). The van der Waals surface area contributed by atoms with Crippen LogP contribution in [0.1, 0.15) is 23.7 Å². The first-order valence-electron chi connectivity index (χ1n) is 6.11. The third-order valence-electron chi connectivity index (χ3n) is 2.76. The molecule has 0 aromatic heterocycles. The van der Waals surface area contributed by atoms with Gasteiger partial charge < -0.3 is 10.2 Å². The lowest BCUT2D eigenvalue weighted by Crippen LogP contribution is -2.33. The Morgan fingerprint density at radius 1 is 1.44 bits per heavy atom. The molecule has 1 N–H and O–H groups in total. The number of rotatable bonds is 6. The highest BCUT2D eigenvalue weighted by atomic mass is 32.2. The highest BCUT2D eigenvalue weighted by Gasteiger charge is 2.10. The minimum Gasteiger partial charge on any atom is -0.378 e. The zero-order valence-electron chi connectivity index (χ0n) is 11.6. The van der Waals surface area contributed by atoms with E-state index < -0.39 is 0 Å². The number of carbonyl (C=O) groups is 1. The third kappa shape index (κ3) is 4.61. The van der Waals surface area contributed by atoms with Gasteiger partial charge >= 0.3 is 0 Å². The van der Waals surface area contributed by atoms with Crippen molar-refractivity contribution in [3.8, 4) is 0 Å². The molecule has 0 aliphatic carbocycles. The predicted octanol–water partition coefficient (Wildman–Crippen LogP) is 2.62. The molecule has 1 atom stereocenters. The third-order valence-corrected chi connectivity index (χ3v) is 3.40. The molecule has 1 amide bonds. The van der Waals surface area contributed by atoms with Gasteiger partial charge in [-0.25, -0.2) is 0 Å². The largest absolute Gasteiger partial charge is 0.378 e. The molecule has 0 heterocycles. The van der Waals surface area contributed by atoms with E-state index in [0.29, 0.717) is 0 Å². The topological polar surface area (TPSA) is 32.3 Å². The summed E-state index contributed by atoms with van der Waals surface area (Å²) in [5, 5.41) is 3.03. The van der Waals surface area contributed by atoms with Crippen LogP contribution in [0.3, 0.4) is 0 Å². The molecule has 0 radical (unpaired) electrons. The fourth-order valence-electron chi connectivity index (χ4n) is 1.60. The Hall–Kier alpha value is -1.16. The minimum absolute atomic E-state index is 0.00676. The van der Waals surface area contributed by atoms with E-state index >= 15 is 0 Å². The van der Waals surface area contributed by atoms with Crippen molar-refractivity contribution in [3.05, 3.63) is 29.8 Å². The zero-order valence-corrected chi connectivity index (χ0v) is 12.4. The van der Waals surface area contributed by atoms with Crippen molar-refractivity contribution in [1.82, 2.24) is 5.32 Å². The van der Waals surface area contributed by atoms with Crippen LogP contribution in [0.2, 0.25) is 0 Å². The molecule has 3 nitrogen and oxygen atoms in total. The molecule has 0 unspecified atom stereocenters. The summed E-state index contributed by atoms with van der Waals surface area (Å²) in [6, 6.07) is 7.89. The summed E-state index contributed by atoms with van der Waals surface area (Å²) in [6.45, 7) is 2.05. The summed E-state index contributed by atoms with van der Waals surface area (Å²) in [5.41, 5.74) is 1.76. The van der Waals surface area contributed by atoms with Crippen molar-refractivity contribution in [1.29, 1.82) is 0 Å². The zero-order chi connectivity index (χ0) is 13.5. The Labute approximate surface area is 114 Å². The van der Waals surface area contributed by atoms with Crippen LogP contribution in [-0.4, -0.2) is 38.1 Å². The van der Waals surface area contributed by atoms with Crippen LogP contribution in [0, 0.1) is 0 Å². The molecule has 0 saturated carbocycles. The molecule has 0 spiro atoms. The van der Waals surface area contributed by atoms with Crippen LogP contribution in [0.5, 0.6) is 0 Å². The maximum atomic E-state index is 12.1. The smallest absolute Gasteiger partial charge is 0.251 e. The normalized spacial score (nSPS) is 12.0. The SMILES string of the molecule is CSCC[C@@H](C)NC(=O)c1cccc(N(C)C)c1. The van der Waals surface area contributed by atoms with Gasteiger partial charge in [0.05, 0.1) is 0 Å². The van der Waals surface area contributed by atoms with E-state index in [1.54, 1.807) is 11.8 Å². The summed E-state index contributed by atoms with van der Waals surface area (Å²) in [6.07, 6.45) is 3.08. The van der Waals surface area contributed by atoms with Gasteiger partial charge in [0.2, 0.25) is 0 Å². The number of nitrogens with zero attached hydrogens (tertiary/aromatic N) is 1. The van der Waals surface area contributed by atoms with Crippen molar-refractivity contribution in [2.45, 2.75) is 19.4 Å². The van der Waals surface area contributed by atoms with Gasteiger partial charge in [-0.15, -0.1) is 0 Å². The van der Waals surface area contributed by atoms with E-state index in [4.69, 9.17) is 0 Å². The Morgan fingerprint density at radius 2 is 2.17 bits per heavy atom. The lowest BCUT2D eigenvalue weighted by molar-refractivity contribution is 0.0939. The van der Waals surface area contributed by atoms with Crippen LogP contribution in [0.4, 0.5) is 5.69 Å². The van der Waals surface area contributed by atoms with E-state index in [-0.39, 0.29) is 11.9 Å². The van der Waals surface area contributed by atoms with Crippen molar-refractivity contribution >= 4 is 23.4 Å². The Balaban J connectivity index is 2.63. The second-order valence-corrected chi connectivity index (χ2v) is 5.59. The summed E-state index contributed by atoms with van der Waals surface area (Å²) >= 11 is 1.80. The van der Waals surface area contributed by atoms with Crippen molar-refractivity contribution in [2.24, 2.45) is 0 Å². The molecular weight excluding hydrogens is 244 g/mol. The summed E-state index contributed by atoms with van der Waals surface area (Å²) in [7, 11) is 3.94. The first kappa shape index (κ1) is 14.9. The van der Waals surface area contributed by atoms with Gasteiger partial charge in [0, 0.05) is 31.4 Å². The number of nitrogens with one attached hydrogen (secondary N) is 1. The van der Waals surface area contributed by atoms with Crippen LogP contribution in [0.25, 0.3) is 0 Å². The standard InChI is InChI=1S/C14H22N2OS/c1-11(8-9-18-4)15-14(17)12-6-5-7-13(10-12)16(2)3/h5-7,10-11H,8-9H2,1-4H3,(H,15,17)/t11-/m1/s1. The number of amides is 1. The van der Waals surface area contributed by atoms with E-state index in [1.807, 2.05) is 50.2 Å². The molecule has 0 fully saturated rings. The molecule has 0 aliphatic heterocycles. The molecule has 4 heteroatoms. The van der Waals surface area contributed by atoms with E-state index in [0.717, 1.165) is 23.4 Å². The lowest BCUT2D eigenvalue weighted by atomic mass is 10.1. The molecule has 0 saturated heterocycles. The fourth-order valence-corrected chi connectivity index (χ4v) is 2.19. The van der Waals surface area contributed by atoms with Gasteiger partial charge in [-0.05, 0) is 43.6 Å². The van der Waals surface area contributed by atoms with Gasteiger partial charge in [0.25, 0.3) is 5.91 Å². The molecule has 1 aromatic carbocycles. The van der Waals surface area contributed by atoms with Crippen LogP contribution >= 0.6 is 11.8 Å². The number of thioether (sulfide) groups is 1. The highest BCUT2D eigenvalue weighted by Crippen LogP contribution is 2.13. The summed E-state index contributed by atoms with van der Waals surface area (Å²) in [4.78, 5) is 14.1. The maximum absolute atomic E-state index is 12.1. The number of carbonyl (C=O) groups excluding carboxylic acids is 1. The molecule has 0 aliphatic rings. The summed E-state index contributed by atoms with van der Waals surface area (Å²) < 4.78 is 0. The van der Waals surface area contributed by atoms with Gasteiger partial charge in [-0.3, -0.25) is 4.79 Å². The maximum Gasteiger partial charge on any atom is 0.251 e. The molecule has 0 bridgehead atoms. The quantitative estimate of drug-likeness (QED) is 0.859. The Morgan fingerprint density at radius 3 is 2.78 bits per heavy atom. The lowest BCUT2D eigenvalue weighted by Gasteiger charge is -2.16. The first-order valence-corrected chi connectivity index (χ1v) is 7.51. The van der Waals surface area contributed by atoms with Crippen molar-refractivity contribution < 1.29 is 4.79 Å².